The summed E-state index contributed by atoms with van der Waals surface area (Å²) in [6.45, 7) is -1.01. The van der Waals surface area contributed by atoms with Crippen LogP contribution in [0.5, 0.6) is 5.75 Å². The standard InChI is InChI=1S/C21H23FO7.K/c22-16-9-11-18(12-10-16)29-13-17(23)7-5-3-1-2-4-6-8-19(24)20(25)14-28-15-21(26)27;/h2,4-12,17,19-20,23-25H,13-15H2,(H,26,27);/q;+1/p-1/b4-2+,7-5+,8-6+;/t17-,19+,20-;/m0./s1. The Labute approximate surface area is 216 Å². The topological polar surface area (TPSA) is 119 Å². The summed E-state index contributed by atoms with van der Waals surface area (Å²) in [5, 5.41) is 39.0. The Morgan fingerprint density at radius 1 is 1.07 bits per heavy atom. The van der Waals surface area contributed by atoms with Crippen molar-refractivity contribution in [2.45, 2.75) is 18.3 Å². The third kappa shape index (κ3) is 14.6. The molecule has 0 heterocycles. The Morgan fingerprint density at radius 2 is 1.73 bits per heavy atom. The maximum Gasteiger partial charge on any atom is 1.00 e. The van der Waals surface area contributed by atoms with Crippen LogP contribution in [0.1, 0.15) is 0 Å². The molecule has 0 saturated heterocycles. The predicted molar refractivity (Wildman–Crippen MR) is 101 cm³/mol. The second kappa shape index (κ2) is 17.4. The molecule has 7 nitrogen and oxygen atoms in total. The van der Waals surface area contributed by atoms with Gasteiger partial charge in [0.05, 0.1) is 19.2 Å². The molecule has 0 spiro atoms. The Bertz CT molecular complexity index is 766. The van der Waals surface area contributed by atoms with Crippen LogP contribution < -0.4 is 61.2 Å². The molecule has 3 N–H and O–H groups in total. The fourth-order valence-electron chi connectivity index (χ4n) is 1.79. The first kappa shape index (κ1) is 28.7. The molecule has 9 heteroatoms. The summed E-state index contributed by atoms with van der Waals surface area (Å²) in [4.78, 5) is 10.2. The van der Waals surface area contributed by atoms with E-state index in [2.05, 4.69) is 16.6 Å². The van der Waals surface area contributed by atoms with Crippen molar-refractivity contribution in [3.8, 4) is 17.6 Å². The maximum absolute atomic E-state index is 12.8. The van der Waals surface area contributed by atoms with Gasteiger partial charge in [-0.25, -0.2) is 4.39 Å². The second-order valence-electron chi connectivity index (χ2n) is 5.67. The molecule has 0 radical (unpaired) electrons. The number of carbonyl (C=O) groups is 1. The summed E-state index contributed by atoms with van der Waals surface area (Å²) in [6, 6.07) is 5.43. The Hall–Kier alpha value is -1.32. The van der Waals surface area contributed by atoms with Gasteiger partial charge in [-0.3, -0.25) is 0 Å². The molecule has 0 bridgehead atoms. The molecule has 0 unspecified atom stereocenters. The van der Waals surface area contributed by atoms with Crippen LogP contribution in [0.25, 0.3) is 0 Å². The maximum atomic E-state index is 12.8. The van der Waals surface area contributed by atoms with Crippen LogP contribution in [0.2, 0.25) is 0 Å². The van der Waals surface area contributed by atoms with Gasteiger partial charge in [0, 0.05) is 0 Å². The third-order valence-electron chi connectivity index (χ3n) is 3.22. The average Bonchev–Trinajstić information content (AvgIpc) is 2.69. The van der Waals surface area contributed by atoms with Crippen LogP contribution in [0.15, 0.2) is 60.7 Å². The number of aliphatic hydroxyl groups excluding tert-OH is 3. The summed E-state index contributed by atoms with van der Waals surface area (Å²) in [7, 11) is 0. The van der Waals surface area contributed by atoms with Crippen molar-refractivity contribution in [1.82, 2.24) is 0 Å². The largest absolute Gasteiger partial charge is 1.00 e. The third-order valence-corrected chi connectivity index (χ3v) is 3.22. The number of allylic oxidation sites excluding steroid dienone is 4. The first-order valence-electron chi connectivity index (χ1n) is 8.59. The molecule has 3 atom stereocenters. The molecule has 0 aromatic heterocycles. The molecule has 0 aliphatic heterocycles. The van der Waals surface area contributed by atoms with Crippen molar-refractivity contribution in [2.24, 2.45) is 0 Å². The molecule has 0 saturated carbocycles. The van der Waals surface area contributed by atoms with E-state index in [9.17, 15) is 29.6 Å². The molecule has 1 aromatic carbocycles. The molecule has 0 aliphatic carbocycles. The minimum atomic E-state index is -1.41. The van der Waals surface area contributed by atoms with Gasteiger partial charge in [-0.15, -0.1) is 0 Å². The summed E-state index contributed by atoms with van der Waals surface area (Å²) < 4.78 is 22.7. The quantitative estimate of drug-likeness (QED) is 0.186. The van der Waals surface area contributed by atoms with Crippen molar-refractivity contribution >= 4 is 5.97 Å². The van der Waals surface area contributed by atoms with Crippen LogP contribution in [0.4, 0.5) is 4.39 Å². The first-order chi connectivity index (χ1) is 13.9. The molecule has 156 valence electrons. The van der Waals surface area contributed by atoms with Crippen molar-refractivity contribution in [2.75, 3.05) is 19.8 Å². The molecular formula is C21H22FKO7. The Morgan fingerprint density at radius 3 is 2.40 bits per heavy atom. The average molecular weight is 444 g/mol. The van der Waals surface area contributed by atoms with E-state index >= 15 is 0 Å². The number of hydrogen-bond acceptors (Lipinski definition) is 7. The van der Waals surface area contributed by atoms with E-state index in [0.717, 1.165) is 0 Å². The van der Waals surface area contributed by atoms with E-state index in [1.165, 1.54) is 60.7 Å². The zero-order valence-corrected chi connectivity index (χ0v) is 19.6. The molecule has 1 aromatic rings. The number of rotatable bonds is 11. The van der Waals surface area contributed by atoms with Crippen LogP contribution >= 0.6 is 0 Å². The Balaban J connectivity index is 0.00000841. The molecule has 0 fully saturated rings. The summed E-state index contributed by atoms with van der Waals surface area (Å²) in [5.41, 5.74) is 0. The van der Waals surface area contributed by atoms with Gasteiger partial charge < -0.3 is 34.7 Å². The summed E-state index contributed by atoms with van der Waals surface area (Å²) in [5.74, 6) is 3.99. The van der Waals surface area contributed by atoms with Crippen molar-refractivity contribution in [3.05, 3.63) is 66.5 Å². The van der Waals surface area contributed by atoms with E-state index in [4.69, 9.17) is 4.74 Å². The van der Waals surface area contributed by atoms with Crippen LogP contribution in [-0.4, -0.2) is 59.4 Å². The van der Waals surface area contributed by atoms with Crippen molar-refractivity contribution < 1.29 is 90.5 Å². The number of aliphatic carboxylic acids is 1. The number of carbonyl (C=O) groups excluding carboxylic acids is 1. The van der Waals surface area contributed by atoms with Crippen LogP contribution in [0.3, 0.4) is 0 Å². The minimum absolute atomic E-state index is 0. The number of carboxylic acid groups (broad SMARTS) is 1. The molecule has 0 aliphatic rings. The number of carboxylic acids is 1. The molecule has 30 heavy (non-hydrogen) atoms. The van der Waals surface area contributed by atoms with E-state index in [0.29, 0.717) is 5.75 Å². The van der Waals surface area contributed by atoms with E-state index in [-0.39, 0.29) is 70.4 Å². The van der Waals surface area contributed by atoms with E-state index in [1.54, 1.807) is 0 Å². The van der Waals surface area contributed by atoms with Crippen molar-refractivity contribution in [3.63, 3.8) is 0 Å². The second-order valence-corrected chi connectivity index (χ2v) is 5.67. The van der Waals surface area contributed by atoms with Gasteiger partial charge >= 0.3 is 51.4 Å². The minimum Gasteiger partial charge on any atom is -0.548 e. The monoisotopic (exact) mass is 444 g/mol. The summed E-state index contributed by atoms with van der Waals surface area (Å²) >= 11 is 0. The van der Waals surface area contributed by atoms with Gasteiger partial charge in [0.1, 0.15) is 36.5 Å². The summed E-state index contributed by atoms with van der Waals surface area (Å²) in [6.07, 6.45) is 5.24. The number of hydrogen-bond donors (Lipinski definition) is 3. The zero-order chi connectivity index (χ0) is 21.5. The fraction of sp³-hybridized carbons (Fsp3) is 0.286. The van der Waals surface area contributed by atoms with Gasteiger partial charge in [0.15, 0.2) is 0 Å². The zero-order valence-electron chi connectivity index (χ0n) is 16.5. The number of ether oxygens (including phenoxy) is 2. The Kier molecular flexibility index (Phi) is 16.6. The molecule has 0 amide bonds. The normalized spacial score (nSPS) is 14.1. The predicted octanol–water partition coefficient (Wildman–Crippen LogP) is -3.27. The van der Waals surface area contributed by atoms with Gasteiger partial charge in [-0.2, -0.15) is 0 Å². The number of benzene rings is 1. The molecule has 1 rings (SSSR count). The fourth-order valence-corrected chi connectivity index (χ4v) is 1.79. The van der Waals surface area contributed by atoms with Crippen LogP contribution in [0, 0.1) is 17.7 Å². The SMILES string of the molecule is O=C([O-])COC[C@H](O)[C@H](O)/C=C/C=C/C#C/C=C/[C@H](O)COc1ccc(F)cc1.[K+]. The van der Waals surface area contributed by atoms with Crippen LogP contribution in [-0.2, 0) is 9.53 Å². The van der Waals surface area contributed by atoms with Gasteiger partial charge in [-0.05, 0) is 42.5 Å². The number of halogens is 1. The van der Waals surface area contributed by atoms with Gasteiger partial charge in [0.2, 0.25) is 0 Å². The molecular weight excluding hydrogens is 422 g/mol. The van der Waals surface area contributed by atoms with E-state index in [1.807, 2.05) is 0 Å². The smallest absolute Gasteiger partial charge is 0.548 e. The van der Waals surface area contributed by atoms with Crippen molar-refractivity contribution in [1.29, 1.82) is 0 Å². The van der Waals surface area contributed by atoms with E-state index < -0.39 is 30.9 Å². The number of aliphatic hydroxyl groups is 3. The van der Waals surface area contributed by atoms with Gasteiger partial charge in [-0.1, -0.05) is 30.1 Å². The van der Waals surface area contributed by atoms with Gasteiger partial charge in [0.25, 0.3) is 0 Å². The first-order valence-corrected chi connectivity index (χ1v) is 8.59.